The molecular weight excluding hydrogens is 261 g/mol. The van der Waals surface area contributed by atoms with Crippen LogP contribution in [-0.2, 0) is 9.31 Å². The molecule has 1 aromatic rings. The molecule has 1 aromatic carbocycles. The number of benzene rings is 1. The van der Waals surface area contributed by atoms with Crippen molar-refractivity contribution in [2.75, 3.05) is 0 Å². The van der Waals surface area contributed by atoms with Gasteiger partial charge in [-0.1, -0.05) is 25.1 Å². The molecule has 1 fully saturated rings. The van der Waals surface area contributed by atoms with E-state index in [4.69, 9.17) is 14.6 Å². The fourth-order valence-corrected chi connectivity index (χ4v) is 2.20. The number of hydrogen-bond acceptors (Lipinski definition) is 3. The maximum atomic E-state index is 8.84. The maximum Gasteiger partial charge on any atom is 0.490 e. The Hall–Kier alpha value is -1.57. The van der Waals surface area contributed by atoms with Crippen LogP contribution in [0.5, 0.6) is 0 Å². The van der Waals surface area contributed by atoms with Crippen molar-refractivity contribution < 1.29 is 9.31 Å². The van der Waals surface area contributed by atoms with Crippen LogP contribution in [-0.4, -0.2) is 18.3 Å². The van der Waals surface area contributed by atoms with E-state index in [1.807, 2.05) is 24.3 Å². The summed E-state index contributed by atoms with van der Waals surface area (Å²) in [5.41, 5.74) is 2.19. The SMILES string of the molecule is CC/C(=C\c1ccc(C#N)cc1)B1OC(C)(C)C(C)(C)O1. The highest BCUT2D eigenvalue weighted by molar-refractivity contribution is 6.55. The molecule has 0 radical (unpaired) electrons. The van der Waals surface area contributed by atoms with Crippen molar-refractivity contribution in [3.05, 3.63) is 40.9 Å². The first-order valence-electron chi connectivity index (χ1n) is 7.35. The molecule has 0 spiro atoms. The lowest BCUT2D eigenvalue weighted by Gasteiger charge is -2.32. The van der Waals surface area contributed by atoms with Gasteiger partial charge in [-0.25, -0.2) is 0 Å². The summed E-state index contributed by atoms with van der Waals surface area (Å²) >= 11 is 0. The highest BCUT2D eigenvalue weighted by Crippen LogP contribution is 2.39. The second-order valence-corrected chi connectivity index (χ2v) is 6.39. The largest absolute Gasteiger partial charge is 0.490 e. The van der Waals surface area contributed by atoms with Crippen molar-refractivity contribution in [3.63, 3.8) is 0 Å². The molecule has 1 aliphatic rings. The summed E-state index contributed by atoms with van der Waals surface area (Å²) in [5.74, 6) is 0. The van der Waals surface area contributed by atoms with E-state index >= 15 is 0 Å². The molecule has 0 amide bonds. The maximum absolute atomic E-state index is 8.84. The fraction of sp³-hybridized carbons (Fsp3) is 0.471. The summed E-state index contributed by atoms with van der Waals surface area (Å²) in [6.07, 6.45) is 2.94. The summed E-state index contributed by atoms with van der Waals surface area (Å²) in [4.78, 5) is 0. The van der Waals surface area contributed by atoms with Gasteiger partial charge in [0.05, 0.1) is 22.8 Å². The molecule has 110 valence electrons. The van der Waals surface area contributed by atoms with E-state index in [0.717, 1.165) is 17.5 Å². The summed E-state index contributed by atoms with van der Waals surface area (Å²) < 4.78 is 12.2. The van der Waals surface area contributed by atoms with E-state index in [-0.39, 0.29) is 18.3 Å². The van der Waals surface area contributed by atoms with Gasteiger partial charge in [-0.15, -0.1) is 0 Å². The Kier molecular flexibility index (Phi) is 4.27. The predicted octanol–water partition coefficient (Wildman–Crippen LogP) is 3.98. The lowest BCUT2D eigenvalue weighted by atomic mass is 9.75. The van der Waals surface area contributed by atoms with E-state index in [1.165, 1.54) is 0 Å². The third-order valence-electron chi connectivity index (χ3n) is 4.36. The first kappa shape index (κ1) is 15.8. The van der Waals surface area contributed by atoms with E-state index in [1.54, 1.807) is 0 Å². The Labute approximate surface area is 127 Å². The van der Waals surface area contributed by atoms with Crippen LogP contribution < -0.4 is 0 Å². The van der Waals surface area contributed by atoms with Gasteiger partial charge in [-0.3, -0.25) is 0 Å². The second-order valence-electron chi connectivity index (χ2n) is 6.39. The van der Waals surface area contributed by atoms with Gasteiger partial charge in [0, 0.05) is 0 Å². The van der Waals surface area contributed by atoms with Crippen molar-refractivity contribution in [2.24, 2.45) is 0 Å². The Morgan fingerprint density at radius 2 is 1.67 bits per heavy atom. The van der Waals surface area contributed by atoms with Gasteiger partial charge in [0.1, 0.15) is 0 Å². The van der Waals surface area contributed by atoms with Crippen molar-refractivity contribution in [3.8, 4) is 6.07 Å². The normalized spacial score (nSPS) is 20.4. The molecule has 0 N–H and O–H groups in total. The number of allylic oxidation sites excluding steroid dienone is 1. The molecule has 0 aromatic heterocycles. The zero-order valence-corrected chi connectivity index (χ0v) is 13.4. The lowest BCUT2D eigenvalue weighted by molar-refractivity contribution is 0.00578. The number of nitriles is 1. The van der Waals surface area contributed by atoms with Crippen LogP contribution in [0.4, 0.5) is 0 Å². The minimum absolute atomic E-state index is 0.310. The molecule has 0 bridgehead atoms. The highest BCUT2D eigenvalue weighted by atomic mass is 16.7. The van der Waals surface area contributed by atoms with Gasteiger partial charge in [0.2, 0.25) is 0 Å². The molecule has 1 saturated heterocycles. The molecule has 0 unspecified atom stereocenters. The van der Waals surface area contributed by atoms with Crippen LogP contribution in [0.25, 0.3) is 6.08 Å². The van der Waals surface area contributed by atoms with E-state index in [2.05, 4.69) is 46.8 Å². The molecule has 0 aliphatic carbocycles. The molecule has 1 heterocycles. The highest BCUT2D eigenvalue weighted by Gasteiger charge is 2.51. The van der Waals surface area contributed by atoms with Crippen molar-refractivity contribution in [1.29, 1.82) is 5.26 Å². The zero-order valence-electron chi connectivity index (χ0n) is 13.4. The third kappa shape index (κ3) is 3.20. The minimum Gasteiger partial charge on any atom is -0.400 e. The molecule has 0 atom stereocenters. The van der Waals surface area contributed by atoms with Crippen LogP contribution >= 0.6 is 0 Å². The molecule has 1 aliphatic heterocycles. The first-order chi connectivity index (χ1) is 9.79. The smallest absolute Gasteiger partial charge is 0.400 e. The van der Waals surface area contributed by atoms with Crippen LogP contribution in [0.15, 0.2) is 29.7 Å². The minimum atomic E-state index is -0.323. The number of nitrogens with zero attached hydrogens (tertiary/aromatic N) is 1. The van der Waals surface area contributed by atoms with Crippen molar-refractivity contribution >= 4 is 13.2 Å². The van der Waals surface area contributed by atoms with E-state index in [9.17, 15) is 0 Å². The average Bonchev–Trinajstić information content (AvgIpc) is 2.65. The fourth-order valence-electron chi connectivity index (χ4n) is 2.20. The van der Waals surface area contributed by atoms with Crippen molar-refractivity contribution in [1.82, 2.24) is 0 Å². The van der Waals surface area contributed by atoms with Gasteiger partial charge in [0.15, 0.2) is 0 Å². The monoisotopic (exact) mass is 283 g/mol. The van der Waals surface area contributed by atoms with E-state index < -0.39 is 0 Å². The quantitative estimate of drug-likeness (QED) is 0.788. The summed E-state index contributed by atoms with van der Waals surface area (Å²) in [5, 5.41) is 8.84. The lowest BCUT2D eigenvalue weighted by Crippen LogP contribution is -2.41. The molecule has 0 saturated carbocycles. The summed E-state index contributed by atoms with van der Waals surface area (Å²) in [7, 11) is -0.310. The predicted molar refractivity (Wildman–Crippen MR) is 85.5 cm³/mol. The molecule has 3 nitrogen and oxygen atoms in total. The Morgan fingerprint density at radius 1 is 1.14 bits per heavy atom. The molecule has 4 heteroatoms. The van der Waals surface area contributed by atoms with Crippen LogP contribution in [0, 0.1) is 11.3 Å². The standard InChI is InChI=1S/C17H22BNO2/c1-6-15(11-13-7-9-14(12-19)10-8-13)18-20-16(2,3)17(4,5)21-18/h7-11H,6H2,1-5H3/b15-11+. The Morgan fingerprint density at radius 3 is 2.10 bits per heavy atom. The second kappa shape index (κ2) is 5.67. The Balaban J connectivity index is 2.24. The summed E-state index contributed by atoms with van der Waals surface area (Å²) in [6.45, 7) is 10.3. The molecule has 2 rings (SSSR count). The van der Waals surface area contributed by atoms with Gasteiger partial charge in [0.25, 0.3) is 0 Å². The molecular formula is C17H22BNO2. The molecule has 21 heavy (non-hydrogen) atoms. The van der Waals surface area contributed by atoms with Gasteiger partial charge in [-0.05, 0) is 57.3 Å². The topological polar surface area (TPSA) is 42.2 Å². The average molecular weight is 283 g/mol. The van der Waals surface area contributed by atoms with Crippen LogP contribution in [0.1, 0.15) is 52.2 Å². The zero-order chi connectivity index (χ0) is 15.7. The van der Waals surface area contributed by atoms with Crippen LogP contribution in [0.3, 0.4) is 0 Å². The van der Waals surface area contributed by atoms with Crippen molar-refractivity contribution in [2.45, 2.75) is 52.2 Å². The Bertz CT molecular complexity index is 566. The van der Waals surface area contributed by atoms with Gasteiger partial charge >= 0.3 is 7.12 Å². The summed E-state index contributed by atoms with van der Waals surface area (Å²) in [6, 6.07) is 9.66. The number of hydrogen-bond donors (Lipinski definition) is 0. The third-order valence-corrected chi connectivity index (χ3v) is 4.36. The van der Waals surface area contributed by atoms with Crippen LogP contribution in [0.2, 0.25) is 0 Å². The van der Waals surface area contributed by atoms with Gasteiger partial charge < -0.3 is 9.31 Å². The van der Waals surface area contributed by atoms with Gasteiger partial charge in [-0.2, -0.15) is 5.26 Å². The number of rotatable bonds is 3. The first-order valence-corrected chi connectivity index (χ1v) is 7.35. The van der Waals surface area contributed by atoms with E-state index in [0.29, 0.717) is 5.56 Å².